The summed E-state index contributed by atoms with van der Waals surface area (Å²) in [7, 11) is 0. The Kier molecular flexibility index (Phi) is 4.78. The van der Waals surface area contributed by atoms with E-state index in [-0.39, 0.29) is 6.61 Å². The number of hydrogen-bond donors (Lipinski definition) is 2. The van der Waals surface area contributed by atoms with Crippen LogP contribution in [-0.4, -0.2) is 12.5 Å². The van der Waals surface area contributed by atoms with Gasteiger partial charge in [-0.1, -0.05) is 24.3 Å². The fourth-order valence-electron chi connectivity index (χ4n) is 1.79. The zero-order chi connectivity index (χ0) is 15.1. The minimum absolute atomic E-state index is 0.132. The molecule has 0 bridgehead atoms. The first kappa shape index (κ1) is 14.4. The molecule has 0 aliphatic rings. The molecule has 2 aromatic rings. The number of nitrogens with zero attached hydrogens (tertiary/aromatic N) is 1. The molecule has 0 aromatic heterocycles. The third kappa shape index (κ3) is 4.25. The molecule has 0 saturated heterocycles. The number of para-hydroxylation sites is 1. The van der Waals surface area contributed by atoms with E-state index >= 15 is 0 Å². The highest BCUT2D eigenvalue weighted by Crippen LogP contribution is 2.16. The molecule has 0 unspecified atom stereocenters. The fraction of sp³-hybridized carbons (Fsp3) is 0.125. The molecule has 21 heavy (non-hydrogen) atoms. The summed E-state index contributed by atoms with van der Waals surface area (Å²) in [6, 6.07) is 16.8. The molecule has 5 nitrogen and oxygen atoms in total. The highest BCUT2D eigenvalue weighted by Gasteiger charge is 2.01. The zero-order valence-electron chi connectivity index (χ0n) is 11.4. The average molecular weight is 281 g/mol. The maximum absolute atomic E-state index is 10.6. The maximum Gasteiger partial charge on any atom is 0.255 e. The first-order chi connectivity index (χ1) is 10.2. The van der Waals surface area contributed by atoms with E-state index in [0.717, 1.165) is 11.3 Å². The van der Waals surface area contributed by atoms with Gasteiger partial charge >= 0.3 is 0 Å². The lowest BCUT2D eigenvalue weighted by molar-refractivity contribution is -0.119. The second-order valence-electron chi connectivity index (χ2n) is 4.41. The molecule has 106 valence electrons. The number of ether oxygens (including phenoxy) is 1. The highest BCUT2D eigenvalue weighted by atomic mass is 16.5. The van der Waals surface area contributed by atoms with Gasteiger partial charge in [0, 0.05) is 6.54 Å². The van der Waals surface area contributed by atoms with Crippen LogP contribution in [0.3, 0.4) is 0 Å². The minimum Gasteiger partial charge on any atom is -0.484 e. The molecular weight excluding hydrogens is 266 g/mol. The largest absolute Gasteiger partial charge is 0.484 e. The molecule has 0 fully saturated rings. The van der Waals surface area contributed by atoms with Gasteiger partial charge in [0.05, 0.1) is 11.3 Å². The van der Waals surface area contributed by atoms with Crippen LogP contribution in [0.4, 0.5) is 5.69 Å². The summed E-state index contributed by atoms with van der Waals surface area (Å²) >= 11 is 0. The molecule has 3 N–H and O–H groups in total. The topological polar surface area (TPSA) is 88.1 Å². The smallest absolute Gasteiger partial charge is 0.255 e. The number of anilines is 1. The summed E-state index contributed by atoms with van der Waals surface area (Å²) in [6.07, 6.45) is 0. The summed E-state index contributed by atoms with van der Waals surface area (Å²) in [5.74, 6) is 0.0869. The predicted octanol–water partition coefficient (Wildman–Crippen LogP) is 2.03. The lowest BCUT2D eigenvalue weighted by Crippen LogP contribution is -2.19. The summed E-state index contributed by atoms with van der Waals surface area (Å²) in [6.45, 7) is 0.460. The molecule has 1 amide bonds. The van der Waals surface area contributed by atoms with Gasteiger partial charge in [-0.25, -0.2) is 0 Å². The van der Waals surface area contributed by atoms with Crippen molar-refractivity contribution in [2.24, 2.45) is 5.73 Å². The van der Waals surface area contributed by atoms with Crippen molar-refractivity contribution in [1.82, 2.24) is 0 Å². The first-order valence-corrected chi connectivity index (χ1v) is 6.42. The molecule has 5 heteroatoms. The van der Waals surface area contributed by atoms with Crippen molar-refractivity contribution in [3.8, 4) is 11.8 Å². The second-order valence-corrected chi connectivity index (χ2v) is 4.41. The van der Waals surface area contributed by atoms with Gasteiger partial charge in [-0.15, -0.1) is 0 Å². The Morgan fingerprint density at radius 3 is 2.57 bits per heavy atom. The van der Waals surface area contributed by atoms with Crippen molar-refractivity contribution in [1.29, 1.82) is 5.26 Å². The number of carbonyl (C=O) groups excluding carboxylic acids is 1. The van der Waals surface area contributed by atoms with Crippen LogP contribution in [0.25, 0.3) is 0 Å². The Labute approximate surface area is 123 Å². The molecule has 0 aliphatic carbocycles. The van der Waals surface area contributed by atoms with Crippen LogP contribution in [0.5, 0.6) is 5.75 Å². The Balaban J connectivity index is 1.95. The third-order valence-electron chi connectivity index (χ3n) is 2.83. The highest BCUT2D eigenvalue weighted by molar-refractivity contribution is 5.75. The van der Waals surface area contributed by atoms with Crippen LogP contribution in [-0.2, 0) is 11.3 Å². The number of nitriles is 1. The van der Waals surface area contributed by atoms with E-state index in [9.17, 15) is 4.79 Å². The van der Waals surface area contributed by atoms with Crippen molar-refractivity contribution in [2.75, 3.05) is 11.9 Å². The number of nitrogens with one attached hydrogen (secondary N) is 1. The quantitative estimate of drug-likeness (QED) is 0.848. The van der Waals surface area contributed by atoms with Crippen LogP contribution in [0.2, 0.25) is 0 Å². The molecule has 0 radical (unpaired) electrons. The van der Waals surface area contributed by atoms with Crippen LogP contribution < -0.4 is 15.8 Å². The SMILES string of the molecule is N#Cc1ccccc1NCc1ccc(OCC(N)=O)cc1. The van der Waals surface area contributed by atoms with E-state index < -0.39 is 5.91 Å². The molecule has 2 rings (SSSR count). The van der Waals surface area contributed by atoms with Crippen molar-refractivity contribution in [3.05, 3.63) is 59.7 Å². The van der Waals surface area contributed by atoms with Gasteiger partial charge in [0.1, 0.15) is 11.8 Å². The number of rotatable bonds is 6. The molecule has 2 aromatic carbocycles. The monoisotopic (exact) mass is 281 g/mol. The first-order valence-electron chi connectivity index (χ1n) is 6.42. The number of amides is 1. The van der Waals surface area contributed by atoms with Crippen molar-refractivity contribution in [3.63, 3.8) is 0 Å². The molecular formula is C16H15N3O2. The van der Waals surface area contributed by atoms with Crippen molar-refractivity contribution in [2.45, 2.75) is 6.54 Å². The van der Waals surface area contributed by atoms with Gasteiger partial charge in [-0.2, -0.15) is 5.26 Å². The molecule has 0 atom stereocenters. The van der Waals surface area contributed by atoms with Gasteiger partial charge in [-0.05, 0) is 29.8 Å². The Bertz CT molecular complexity index is 660. The standard InChI is InChI=1S/C16H15N3O2/c17-9-13-3-1-2-4-15(13)19-10-12-5-7-14(8-6-12)21-11-16(18)20/h1-8,19H,10-11H2,(H2,18,20). The van der Waals surface area contributed by atoms with Gasteiger partial charge in [-0.3, -0.25) is 4.79 Å². The van der Waals surface area contributed by atoms with Crippen LogP contribution in [0, 0.1) is 11.3 Å². The number of nitrogens with two attached hydrogens (primary N) is 1. The summed E-state index contributed by atoms with van der Waals surface area (Å²) in [5.41, 5.74) is 7.46. The molecule has 0 heterocycles. The van der Waals surface area contributed by atoms with Crippen LogP contribution >= 0.6 is 0 Å². The zero-order valence-corrected chi connectivity index (χ0v) is 11.4. The lowest BCUT2D eigenvalue weighted by Gasteiger charge is -2.09. The summed E-state index contributed by atoms with van der Waals surface area (Å²) in [5, 5.41) is 12.2. The van der Waals surface area contributed by atoms with Gasteiger partial charge in [0.2, 0.25) is 0 Å². The normalized spacial score (nSPS) is 9.67. The van der Waals surface area contributed by atoms with E-state index in [0.29, 0.717) is 17.9 Å². The third-order valence-corrected chi connectivity index (χ3v) is 2.83. The van der Waals surface area contributed by atoms with Crippen molar-refractivity contribution < 1.29 is 9.53 Å². The number of primary amides is 1. The Morgan fingerprint density at radius 1 is 1.19 bits per heavy atom. The predicted molar refractivity (Wildman–Crippen MR) is 79.6 cm³/mol. The molecule has 0 saturated carbocycles. The molecule has 0 spiro atoms. The summed E-state index contributed by atoms with van der Waals surface area (Å²) < 4.78 is 5.18. The lowest BCUT2D eigenvalue weighted by atomic mass is 10.1. The van der Waals surface area contributed by atoms with E-state index in [4.69, 9.17) is 15.7 Å². The fourth-order valence-corrected chi connectivity index (χ4v) is 1.79. The number of hydrogen-bond acceptors (Lipinski definition) is 4. The van der Waals surface area contributed by atoms with Crippen LogP contribution in [0.15, 0.2) is 48.5 Å². The van der Waals surface area contributed by atoms with E-state index in [1.165, 1.54) is 0 Å². The maximum atomic E-state index is 10.6. The van der Waals surface area contributed by atoms with Gasteiger partial charge < -0.3 is 15.8 Å². The molecule has 0 aliphatic heterocycles. The van der Waals surface area contributed by atoms with E-state index in [2.05, 4.69) is 11.4 Å². The van der Waals surface area contributed by atoms with Crippen LogP contribution in [0.1, 0.15) is 11.1 Å². The number of benzene rings is 2. The second kappa shape index (κ2) is 6.96. The van der Waals surface area contributed by atoms with E-state index in [1.54, 1.807) is 18.2 Å². The summed E-state index contributed by atoms with van der Waals surface area (Å²) in [4.78, 5) is 10.6. The minimum atomic E-state index is -0.506. The average Bonchev–Trinajstić information content (AvgIpc) is 2.52. The van der Waals surface area contributed by atoms with Gasteiger partial charge in [0.15, 0.2) is 6.61 Å². The van der Waals surface area contributed by atoms with E-state index in [1.807, 2.05) is 30.3 Å². The Hall–Kier alpha value is -3.00. The van der Waals surface area contributed by atoms with Crippen molar-refractivity contribution >= 4 is 11.6 Å². The number of carbonyl (C=O) groups is 1. The van der Waals surface area contributed by atoms with Gasteiger partial charge in [0.25, 0.3) is 5.91 Å². The Morgan fingerprint density at radius 2 is 1.90 bits per heavy atom.